The number of rotatable bonds is 6. The van der Waals surface area contributed by atoms with Gasteiger partial charge in [-0.15, -0.1) is 0 Å². The molecule has 0 unspecified atom stereocenters. The van der Waals surface area contributed by atoms with E-state index in [0.717, 1.165) is 53.9 Å². The maximum atomic E-state index is 13.2. The van der Waals surface area contributed by atoms with Crippen LogP contribution in [0.1, 0.15) is 43.4 Å². The zero-order valence-electron chi connectivity index (χ0n) is 22.0. The number of benzene rings is 3. The number of hydrogen-bond donors (Lipinski definition) is 3. The molecule has 0 aliphatic heterocycles. The number of aromatic amines is 1. The quantitative estimate of drug-likeness (QED) is 0.212. The first kappa shape index (κ1) is 24.7. The number of hydrogen-bond acceptors (Lipinski definition) is 3. The molecule has 2 heterocycles. The Morgan fingerprint density at radius 3 is 2.38 bits per heavy atom. The Balaban J connectivity index is 1.19. The van der Waals surface area contributed by atoms with Gasteiger partial charge in [-0.3, -0.25) is 0 Å². The molecule has 1 saturated carbocycles. The van der Waals surface area contributed by atoms with Crippen LogP contribution in [0, 0.1) is 6.92 Å². The van der Waals surface area contributed by atoms with Crippen LogP contribution in [0.5, 0.6) is 11.5 Å². The maximum Gasteiger partial charge on any atom is 0.319 e. The van der Waals surface area contributed by atoms with Gasteiger partial charge in [-0.05, 0) is 79.9 Å². The summed E-state index contributed by atoms with van der Waals surface area (Å²) >= 11 is 0. The van der Waals surface area contributed by atoms with E-state index >= 15 is 0 Å². The highest BCUT2D eigenvalue weighted by molar-refractivity contribution is 5.90. The van der Waals surface area contributed by atoms with Gasteiger partial charge in [0.1, 0.15) is 11.5 Å². The highest BCUT2D eigenvalue weighted by atomic mass is 16.5. The molecule has 2 aromatic heterocycles. The lowest BCUT2D eigenvalue weighted by atomic mass is 9.79. The third kappa shape index (κ3) is 5.36. The van der Waals surface area contributed by atoms with Gasteiger partial charge < -0.3 is 20.4 Å². The number of H-pyrrole nitrogens is 1. The van der Waals surface area contributed by atoms with Crippen molar-refractivity contribution in [1.82, 2.24) is 15.3 Å². The zero-order valence-corrected chi connectivity index (χ0v) is 22.0. The summed E-state index contributed by atoms with van der Waals surface area (Å²) in [5, 5.41) is 7.50. The number of amides is 2. The molecule has 6 rings (SSSR count). The summed E-state index contributed by atoms with van der Waals surface area (Å²) in [6.07, 6.45) is 7.07. The summed E-state index contributed by atoms with van der Waals surface area (Å²) in [6.45, 7) is 2.12. The number of para-hydroxylation sites is 2. The summed E-state index contributed by atoms with van der Waals surface area (Å²) in [6, 6.07) is 29.3. The maximum absolute atomic E-state index is 13.2. The first-order valence-corrected chi connectivity index (χ1v) is 13.6. The van der Waals surface area contributed by atoms with Gasteiger partial charge in [-0.2, -0.15) is 0 Å². The van der Waals surface area contributed by atoms with Crippen LogP contribution in [0.3, 0.4) is 0 Å². The number of nitrogens with one attached hydrogen (secondary N) is 3. The molecular formula is C33H32N4O2. The van der Waals surface area contributed by atoms with Crippen molar-refractivity contribution in [3.8, 4) is 22.8 Å². The van der Waals surface area contributed by atoms with Crippen molar-refractivity contribution >= 4 is 22.6 Å². The molecule has 0 spiro atoms. The van der Waals surface area contributed by atoms with Crippen LogP contribution in [0.15, 0.2) is 97.2 Å². The number of ether oxygens (including phenoxy) is 1. The van der Waals surface area contributed by atoms with Crippen LogP contribution in [-0.4, -0.2) is 16.0 Å². The van der Waals surface area contributed by atoms with Crippen molar-refractivity contribution in [3.05, 3.63) is 108 Å². The SMILES string of the molecule is Cc1cc(-c2c[nH]c(C3(NC(=O)Nc4ccc(Oc5ccccc5)cc4)CCCCC3)c2)nc2ccccc12. The fourth-order valence-corrected chi connectivity index (χ4v) is 5.54. The normalized spacial score (nSPS) is 14.6. The van der Waals surface area contributed by atoms with Gasteiger partial charge in [-0.1, -0.05) is 55.7 Å². The molecule has 196 valence electrons. The summed E-state index contributed by atoms with van der Waals surface area (Å²) in [5.41, 5.74) is 5.42. The van der Waals surface area contributed by atoms with Gasteiger partial charge in [0.2, 0.25) is 0 Å². The van der Waals surface area contributed by atoms with Crippen LogP contribution in [0.4, 0.5) is 10.5 Å². The molecule has 3 aromatic carbocycles. The number of urea groups is 1. The molecule has 0 atom stereocenters. The summed E-state index contributed by atoms with van der Waals surface area (Å²) in [7, 11) is 0. The predicted molar refractivity (Wildman–Crippen MR) is 156 cm³/mol. The van der Waals surface area contributed by atoms with Gasteiger partial charge in [0.05, 0.1) is 16.7 Å². The lowest BCUT2D eigenvalue weighted by molar-refractivity contribution is 0.210. The second kappa shape index (κ2) is 10.7. The molecule has 3 N–H and O–H groups in total. The number of nitrogens with zero attached hydrogens (tertiary/aromatic N) is 1. The molecule has 0 saturated heterocycles. The van der Waals surface area contributed by atoms with Crippen molar-refractivity contribution in [3.63, 3.8) is 0 Å². The molecule has 39 heavy (non-hydrogen) atoms. The summed E-state index contributed by atoms with van der Waals surface area (Å²) in [5.74, 6) is 1.49. The van der Waals surface area contributed by atoms with Gasteiger partial charge in [-0.25, -0.2) is 9.78 Å². The molecule has 1 fully saturated rings. The molecular weight excluding hydrogens is 484 g/mol. The average molecular weight is 517 g/mol. The van der Waals surface area contributed by atoms with Crippen molar-refractivity contribution in [2.45, 2.75) is 44.6 Å². The fourth-order valence-electron chi connectivity index (χ4n) is 5.54. The standard InChI is InChI=1S/C33H32N4O2/c1-23-20-30(36-29-13-7-6-12-28(23)29)24-21-31(34-22-24)33(18-8-3-9-19-33)37-32(38)35-25-14-16-27(17-15-25)39-26-10-4-2-5-11-26/h2,4-7,10-17,20-22,34H,3,8-9,18-19H2,1H3,(H2,35,37,38). The van der Waals surface area contributed by atoms with E-state index in [1.807, 2.05) is 79.0 Å². The van der Waals surface area contributed by atoms with E-state index in [2.05, 4.69) is 40.7 Å². The Hall–Kier alpha value is -4.58. The fraction of sp³-hybridized carbons (Fsp3) is 0.212. The second-order valence-corrected chi connectivity index (χ2v) is 10.3. The monoisotopic (exact) mass is 516 g/mol. The number of pyridine rings is 1. The zero-order chi connectivity index (χ0) is 26.7. The van der Waals surface area contributed by atoms with Crippen LogP contribution in [-0.2, 0) is 5.54 Å². The minimum atomic E-state index is -0.456. The molecule has 0 bridgehead atoms. The summed E-state index contributed by atoms with van der Waals surface area (Å²) < 4.78 is 5.87. The van der Waals surface area contributed by atoms with E-state index in [1.54, 1.807) is 0 Å². The van der Waals surface area contributed by atoms with Gasteiger partial charge >= 0.3 is 6.03 Å². The summed E-state index contributed by atoms with van der Waals surface area (Å²) in [4.78, 5) is 21.6. The topological polar surface area (TPSA) is 79.0 Å². The van der Waals surface area contributed by atoms with Gasteiger partial charge in [0.25, 0.3) is 0 Å². The predicted octanol–water partition coefficient (Wildman–Crippen LogP) is 8.31. The number of carbonyl (C=O) groups excluding carboxylic acids is 1. The Morgan fingerprint density at radius 1 is 0.872 bits per heavy atom. The van der Waals surface area contributed by atoms with E-state index in [4.69, 9.17) is 9.72 Å². The number of carbonyl (C=O) groups is 1. The lowest BCUT2D eigenvalue weighted by Crippen LogP contribution is -2.49. The Kier molecular flexibility index (Phi) is 6.76. The first-order valence-electron chi connectivity index (χ1n) is 13.6. The molecule has 6 heteroatoms. The average Bonchev–Trinajstić information content (AvgIpc) is 3.47. The van der Waals surface area contributed by atoms with E-state index in [1.165, 1.54) is 17.4 Å². The Bertz CT molecular complexity index is 1590. The molecule has 1 aliphatic carbocycles. The molecule has 0 radical (unpaired) electrons. The third-order valence-corrected chi connectivity index (χ3v) is 7.57. The second-order valence-electron chi connectivity index (χ2n) is 10.3. The van der Waals surface area contributed by atoms with E-state index < -0.39 is 5.54 Å². The largest absolute Gasteiger partial charge is 0.457 e. The number of anilines is 1. The van der Waals surface area contributed by atoms with Crippen LogP contribution in [0.2, 0.25) is 0 Å². The number of aryl methyl sites for hydroxylation is 1. The van der Waals surface area contributed by atoms with E-state index in [0.29, 0.717) is 11.4 Å². The molecule has 1 aliphatic rings. The van der Waals surface area contributed by atoms with Gasteiger partial charge in [0.15, 0.2) is 0 Å². The number of fused-ring (bicyclic) bond motifs is 1. The Morgan fingerprint density at radius 2 is 1.59 bits per heavy atom. The van der Waals surface area contributed by atoms with Gasteiger partial charge in [0, 0.05) is 28.5 Å². The van der Waals surface area contributed by atoms with Crippen molar-refractivity contribution in [1.29, 1.82) is 0 Å². The minimum absolute atomic E-state index is 0.218. The smallest absolute Gasteiger partial charge is 0.319 e. The highest BCUT2D eigenvalue weighted by Crippen LogP contribution is 2.38. The van der Waals surface area contributed by atoms with Crippen molar-refractivity contribution < 1.29 is 9.53 Å². The molecule has 6 nitrogen and oxygen atoms in total. The number of aromatic nitrogens is 2. The lowest BCUT2D eigenvalue weighted by Gasteiger charge is -2.37. The van der Waals surface area contributed by atoms with Crippen molar-refractivity contribution in [2.24, 2.45) is 0 Å². The van der Waals surface area contributed by atoms with Crippen LogP contribution >= 0.6 is 0 Å². The third-order valence-electron chi connectivity index (χ3n) is 7.57. The Labute approximate surface area is 228 Å². The van der Waals surface area contributed by atoms with E-state index in [9.17, 15) is 4.79 Å². The van der Waals surface area contributed by atoms with Crippen LogP contribution in [0.25, 0.3) is 22.2 Å². The van der Waals surface area contributed by atoms with Crippen molar-refractivity contribution in [2.75, 3.05) is 5.32 Å². The first-order chi connectivity index (χ1) is 19.1. The molecule has 2 amide bonds. The van der Waals surface area contributed by atoms with Crippen LogP contribution < -0.4 is 15.4 Å². The molecule has 5 aromatic rings. The van der Waals surface area contributed by atoms with E-state index in [-0.39, 0.29) is 6.03 Å². The minimum Gasteiger partial charge on any atom is -0.457 e. The highest BCUT2D eigenvalue weighted by Gasteiger charge is 2.37.